The van der Waals surface area contributed by atoms with Gasteiger partial charge in [0.25, 0.3) is 0 Å². The van der Waals surface area contributed by atoms with Crippen LogP contribution in [0.15, 0.2) is 24.4 Å². The SMILES string of the molecule is CCCc1cc2n(c1C(=O)c1ccc[nH]1)CCCCC2C(=O)O. The van der Waals surface area contributed by atoms with Crippen molar-refractivity contribution in [3.05, 3.63) is 47.0 Å². The van der Waals surface area contributed by atoms with Crippen molar-refractivity contribution >= 4 is 11.8 Å². The Hall–Kier alpha value is -2.30. The Morgan fingerprint density at radius 2 is 2.22 bits per heavy atom. The highest BCUT2D eigenvalue weighted by atomic mass is 16.4. The summed E-state index contributed by atoms with van der Waals surface area (Å²) in [4.78, 5) is 27.5. The molecule has 1 unspecified atom stereocenters. The van der Waals surface area contributed by atoms with Crippen molar-refractivity contribution in [3.8, 4) is 0 Å². The molecule has 122 valence electrons. The molecule has 0 aromatic carbocycles. The number of aromatic amines is 1. The molecule has 0 spiro atoms. The first-order chi connectivity index (χ1) is 11.1. The van der Waals surface area contributed by atoms with Crippen LogP contribution < -0.4 is 0 Å². The van der Waals surface area contributed by atoms with E-state index < -0.39 is 11.9 Å². The molecule has 2 aromatic rings. The predicted octanol–water partition coefficient (Wildman–Crippen LogP) is 3.35. The number of H-pyrrole nitrogens is 1. The maximum absolute atomic E-state index is 12.9. The average Bonchev–Trinajstić information content (AvgIpc) is 3.11. The molecule has 0 saturated carbocycles. The molecule has 3 rings (SSSR count). The van der Waals surface area contributed by atoms with Gasteiger partial charge < -0.3 is 14.7 Å². The zero-order valence-electron chi connectivity index (χ0n) is 13.3. The van der Waals surface area contributed by atoms with Crippen molar-refractivity contribution in [3.63, 3.8) is 0 Å². The Bertz CT molecular complexity index is 713. The molecular formula is C18H22N2O3. The Morgan fingerprint density at radius 3 is 2.87 bits per heavy atom. The smallest absolute Gasteiger partial charge is 0.312 e. The van der Waals surface area contributed by atoms with Gasteiger partial charge >= 0.3 is 5.97 Å². The van der Waals surface area contributed by atoms with Gasteiger partial charge in [-0.2, -0.15) is 0 Å². The zero-order valence-corrected chi connectivity index (χ0v) is 13.3. The third-order valence-electron chi connectivity index (χ3n) is 4.56. The third kappa shape index (κ3) is 2.83. The van der Waals surface area contributed by atoms with Crippen LogP contribution in [0.5, 0.6) is 0 Å². The lowest BCUT2D eigenvalue weighted by Gasteiger charge is -2.13. The molecule has 23 heavy (non-hydrogen) atoms. The number of carbonyl (C=O) groups excluding carboxylic acids is 1. The first kappa shape index (κ1) is 15.6. The van der Waals surface area contributed by atoms with E-state index in [0.717, 1.165) is 36.9 Å². The molecule has 1 aliphatic heterocycles. The molecule has 2 aromatic heterocycles. The van der Waals surface area contributed by atoms with Gasteiger partial charge in [-0.05, 0) is 43.0 Å². The lowest BCUT2D eigenvalue weighted by molar-refractivity contribution is -0.139. The van der Waals surface area contributed by atoms with E-state index in [1.54, 1.807) is 18.3 Å². The third-order valence-corrected chi connectivity index (χ3v) is 4.56. The molecule has 0 bridgehead atoms. The maximum Gasteiger partial charge on any atom is 0.312 e. The number of aryl methyl sites for hydroxylation is 1. The van der Waals surface area contributed by atoms with Gasteiger partial charge in [-0.15, -0.1) is 0 Å². The second-order valence-electron chi connectivity index (χ2n) is 6.14. The number of hydrogen-bond donors (Lipinski definition) is 2. The van der Waals surface area contributed by atoms with Crippen molar-refractivity contribution in [2.45, 2.75) is 51.5 Å². The van der Waals surface area contributed by atoms with Gasteiger partial charge in [0.05, 0.1) is 17.3 Å². The lowest BCUT2D eigenvalue weighted by atomic mass is 9.98. The van der Waals surface area contributed by atoms with Crippen LogP contribution in [-0.2, 0) is 17.8 Å². The summed E-state index contributed by atoms with van der Waals surface area (Å²) in [6.07, 6.45) is 5.86. The second-order valence-corrected chi connectivity index (χ2v) is 6.14. The van der Waals surface area contributed by atoms with Crippen molar-refractivity contribution in [2.75, 3.05) is 0 Å². The summed E-state index contributed by atoms with van der Waals surface area (Å²) in [5, 5.41) is 9.56. The van der Waals surface area contributed by atoms with Crippen LogP contribution >= 0.6 is 0 Å². The van der Waals surface area contributed by atoms with E-state index in [0.29, 0.717) is 24.4 Å². The van der Waals surface area contributed by atoms with E-state index in [2.05, 4.69) is 11.9 Å². The van der Waals surface area contributed by atoms with E-state index in [-0.39, 0.29) is 5.78 Å². The zero-order chi connectivity index (χ0) is 16.4. The number of carboxylic acids is 1. The van der Waals surface area contributed by atoms with Gasteiger partial charge in [0.15, 0.2) is 0 Å². The highest BCUT2D eigenvalue weighted by Gasteiger charge is 2.30. The van der Waals surface area contributed by atoms with Crippen molar-refractivity contribution in [1.82, 2.24) is 9.55 Å². The fourth-order valence-electron chi connectivity index (χ4n) is 3.50. The number of aromatic nitrogens is 2. The highest BCUT2D eigenvalue weighted by Crippen LogP contribution is 2.32. The number of carboxylic acid groups (broad SMARTS) is 1. The van der Waals surface area contributed by atoms with E-state index in [9.17, 15) is 14.7 Å². The molecule has 3 heterocycles. The first-order valence-corrected chi connectivity index (χ1v) is 8.26. The van der Waals surface area contributed by atoms with Crippen molar-refractivity contribution in [1.29, 1.82) is 0 Å². The second kappa shape index (κ2) is 6.44. The summed E-state index contributed by atoms with van der Waals surface area (Å²) >= 11 is 0. The van der Waals surface area contributed by atoms with Gasteiger partial charge in [0.2, 0.25) is 5.78 Å². The van der Waals surface area contributed by atoms with Gasteiger partial charge in [-0.3, -0.25) is 9.59 Å². The predicted molar refractivity (Wildman–Crippen MR) is 86.9 cm³/mol. The van der Waals surface area contributed by atoms with Gasteiger partial charge in [-0.25, -0.2) is 0 Å². The topological polar surface area (TPSA) is 75.1 Å². The molecule has 1 atom stereocenters. The van der Waals surface area contributed by atoms with Crippen LogP contribution in [0, 0.1) is 0 Å². The number of rotatable bonds is 5. The van der Waals surface area contributed by atoms with E-state index >= 15 is 0 Å². The number of nitrogens with zero attached hydrogens (tertiary/aromatic N) is 1. The van der Waals surface area contributed by atoms with Crippen molar-refractivity contribution in [2.24, 2.45) is 0 Å². The summed E-state index contributed by atoms with van der Waals surface area (Å²) in [5.74, 6) is -1.36. The Balaban J connectivity index is 2.14. The molecule has 0 aliphatic carbocycles. The fourth-order valence-corrected chi connectivity index (χ4v) is 3.50. The van der Waals surface area contributed by atoms with Gasteiger partial charge in [0, 0.05) is 18.4 Å². The standard InChI is InChI=1S/C18H22N2O3/c1-2-6-12-11-15-13(18(22)23)7-3-4-10-20(15)16(12)17(21)14-8-5-9-19-14/h5,8-9,11,13,19H,2-4,6-7,10H2,1H3,(H,22,23). The summed E-state index contributed by atoms with van der Waals surface area (Å²) in [6.45, 7) is 2.78. The molecule has 5 nitrogen and oxygen atoms in total. The minimum absolute atomic E-state index is 0.0456. The number of aliphatic carboxylic acids is 1. The first-order valence-electron chi connectivity index (χ1n) is 8.26. The van der Waals surface area contributed by atoms with E-state index in [4.69, 9.17) is 0 Å². The van der Waals surface area contributed by atoms with Crippen LogP contribution in [0.25, 0.3) is 0 Å². The number of ketones is 1. The Labute approximate surface area is 135 Å². The van der Waals surface area contributed by atoms with Crippen LogP contribution in [0.2, 0.25) is 0 Å². The average molecular weight is 314 g/mol. The Morgan fingerprint density at radius 1 is 1.39 bits per heavy atom. The molecule has 0 saturated heterocycles. The molecule has 2 N–H and O–H groups in total. The quantitative estimate of drug-likeness (QED) is 0.831. The molecule has 0 fully saturated rings. The normalized spacial score (nSPS) is 17.5. The van der Waals surface area contributed by atoms with Crippen LogP contribution in [0.4, 0.5) is 0 Å². The molecule has 5 heteroatoms. The number of fused-ring (bicyclic) bond motifs is 1. The van der Waals surface area contributed by atoms with Gasteiger partial charge in [0.1, 0.15) is 0 Å². The summed E-state index contributed by atoms with van der Waals surface area (Å²) in [5.41, 5.74) is 2.97. The van der Waals surface area contributed by atoms with Gasteiger partial charge in [-0.1, -0.05) is 19.8 Å². The van der Waals surface area contributed by atoms with E-state index in [1.807, 2.05) is 10.6 Å². The largest absolute Gasteiger partial charge is 0.481 e. The maximum atomic E-state index is 12.9. The van der Waals surface area contributed by atoms with Crippen LogP contribution in [0.3, 0.4) is 0 Å². The summed E-state index contributed by atoms with van der Waals surface area (Å²) < 4.78 is 1.96. The monoisotopic (exact) mass is 314 g/mol. The molecule has 1 aliphatic rings. The number of nitrogens with one attached hydrogen (secondary N) is 1. The highest BCUT2D eigenvalue weighted by molar-refractivity contribution is 6.08. The molecule has 0 amide bonds. The molecule has 0 radical (unpaired) electrons. The summed E-state index contributed by atoms with van der Waals surface area (Å²) in [7, 11) is 0. The minimum atomic E-state index is -0.799. The summed E-state index contributed by atoms with van der Waals surface area (Å²) in [6, 6.07) is 5.52. The van der Waals surface area contributed by atoms with Crippen molar-refractivity contribution < 1.29 is 14.7 Å². The number of hydrogen-bond acceptors (Lipinski definition) is 2. The number of carbonyl (C=O) groups is 2. The minimum Gasteiger partial charge on any atom is -0.481 e. The van der Waals surface area contributed by atoms with Crippen LogP contribution in [-0.4, -0.2) is 26.4 Å². The fraction of sp³-hybridized carbons (Fsp3) is 0.444. The van der Waals surface area contributed by atoms with Crippen LogP contribution in [0.1, 0.15) is 66.0 Å². The molecular weight excluding hydrogens is 292 g/mol. The lowest BCUT2D eigenvalue weighted by Crippen LogP contribution is -2.17. The Kier molecular flexibility index (Phi) is 4.37. The van der Waals surface area contributed by atoms with E-state index in [1.165, 1.54) is 0 Å².